The van der Waals surface area contributed by atoms with Crippen LogP contribution >= 0.6 is 0 Å². The van der Waals surface area contributed by atoms with E-state index in [1.54, 1.807) is 79.7 Å². The molecule has 1 aromatic heterocycles. The third kappa shape index (κ3) is 4.91. The van der Waals surface area contributed by atoms with Crippen LogP contribution in [0.15, 0.2) is 79.0 Å². The summed E-state index contributed by atoms with van der Waals surface area (Å²) in [6.45, 7) is 1.97. The first-order valence-corrected chi connectivity index (χ1v) is 10.5. The highest BCUT2D eigenvalue weighted by atomic mass is 16.5. The fourth-order valence-corrected chi connectivity index (χ4v) is 3.43. The Morgan fingerprint density at radius 2 is 1.68 bits per heavy atom. The molecule has 3 aromatic carbocycles. The van der Waals surface area contributed by atoms with Crippen LogP contribution in [-0.2, 0) is 0 Å². The van der Waals surface area contributed by atoms with Gasteiger partial charge in [0.05, 0.1) is 25.5 Å². The van der Waals surface area contributed by atoms with E-state index in [-0.39, 0.29) is 11.6 Å². The first kappa shape index (κ1) is 22.6. The van der Waals surface area contributed by atoms with Crippen molar-refractivity contribution in [1.29, 1.82) is 0 Å². The molecule has 4 rings (SSSR count). The van der Waals surface area contributed by atoms with Crippen LogP contribution in [0, 0.1) is 6.92 Å². The number of nitrogens with one attached hydrogen (secondary N) is 2. The van der Waals surface area contributed by atoms with E-state index < -0.39 is 5.91 Å². The molecule has 0 aliphatic carbocycles. The summed E-state index contributed by atoms with van der Waals surface area (Å²) in [7, 11) is 3.14. The molecule has 8 nitrogen and oxygen atoms in total. The van der Waals surface area contributed by atoms with Crippen molar-refractivity contribution in [3.05, 3.63) is 95.8 Å². The molecular weight excluding hydrogens is 432 g/mol. The number of anilines is 2. The van der Waals surface area contributed by atoms with E-state index in [1.165, 1.54) is 0 Å². The van der Waals surface area contributed by atoms with Crippen LogP contribution in [0.3, 0.4) is 0 Å². The molecule has 0 unspecified atom stereocenters. The van der Waals surface area contributed by atoms with Crippen molar-refractivity contribution in [2.24, 2.45) is 0 Å². The molecule has 0 radical (unpaired) electrons. The maximum atomic E-state index is 12.9. The molecule has 0 fully saturated rings. The molecule has 1 heterocycles. The van der Waals surface area contributed by atoms with E-state index in [0.29, 0.717) is 28.4 Å². The van der Waals surface area contributed by atoms with Crippen LogP contribution in [0.1, 0.15) is 26.4 Å². The van der Waals surface area contributed by atoms with E-state index in [4.69, 9.17) is 9.47 Å². The lowest BCUT2D eigenvalue weighted by atomic mass is 10.1. The number of carbonyl (C=O) groups is 2. The number of para-hydroxylation sites is 1. The Morgan fingerprint density at radius 3 is 2.47 bits per heavy atom. The van der Waals surface area contributed by atoms with Crippen molar-refractivity contribution in [2.45, 2.75) is 6.92 Å². The Labute approximate surface area is 197 Å². The summed E-state index contributed by atoms with van der Waals surface area (Å²) in [5, 5.41) is 10.0. The maximum Gasteiger partial charge on any atom is 0.276 e. The predicted molar refractivity (Wildman–Crippen MR) is 130 cm³/mol. The quantitative estimate of drug-likeness (QED) is 0.420. The van der Waals surface area contributed by atoms with Gasteiger partial charge in [0.2, 0.25) is 0 Å². The van der Waals surface area contributed by atoms with E-state index in [1.807, 2.05) is 25.1 Å². The molecule has 0 saturated heterocycles. The van der Waals surface area contributed by atoms with Gasteiger partial charge in [0.15, 0.2) is 5.69 Å². The Morgan fingerprint density at radius 1 is 0.853 bits per heavy atom. The molecule has 0 aliphatic heterocycles. The van der Waals surface area contributed by atoms with E-state index in [2.05, 4.69) is 15.7 Å². The fraction of sp³-hybridized carbons (Fsp3) is 0.115. The summed E-state index contributed by atoms with van der Waals surface area (Å²) < 4.78 is 12.2. The molecule has 172 valence electrons. The van der Waals surface area contributed by atoms with Gasteiger partial charge in [-0.25, -0.2) is 4.68 Å². The number of ether oxygens (including phenoxy) is 2. The molecule has 8 heteroatoms. The largest absolute Gasteiger partial charge is 0.497 e. The smallest absolute Gasteiger partial charge is 0.276 e. The second-order valence-electron chi connectivity index (χ2n) is 7.51. The second kappa shape index (κ2) is 9.91. The third-order valence-corrected chi connectivity index (χ3v) is 5.15. The number of aromatic nitrogens is 2. The SMILES string of the molecule is COc1cccc(NC(=O)c2ccccc2NC(=O)c2ccn(-c3cc(C)ccc3OC)n2)c1. The molecule has 2 N–H and O–H groups in total. The normalized spacial score (nSPS) is 10.4. The van der Waals surface area contributed by atoms with Gasteiger partial charge in [-0.05, 0) is 55.0 Å². The number of benzene rings is 3. The van der Waals surface area contributed by atoms with Gasteiger partial charge in [0.25, 0.3) is 11.8 Å². The van der Waals surface area contributed by atoms with Crippen LogP contribution in [0.4, 0.5) is 11.4 Å². The average molecular weight is 457 g/mol. The molecule has 34 heavy (non-hydrogen) atoms. The summed E-state index contributed by atoms with van der Waals surface area (Å²) in [6.07, 6.45) is 1.69. The lowest BCUT2D eigenvalue weighted by Gasteiger charge is -2.12. The molecule has 0 bridgehead atoms. The molecule has 2 amide bonds. The number of methoxy groups -OCH3 is 2. The summed E-state index contributed by atoms with van der Waals surface area (Å²) in [4.78, 5) is 25.8. The second-order valence-corrected chi connectivity index (χ2v) is 7.51. The number of hydrogen-bond acceptors (Lipinski definition) is 5. The van der Waals surface area contributed by atoms with Crippen molar-refractivity contribution in [3.8, 4) is 17.2 Å². The number of hydrogen-bond donors (Lipinski definition) is 2. The lowest BCUT2D eigenvalue weighted by Crippen LogP contribution is -2.18. The van der Waals surface area contributed by atoms with E-state index >= 15 is 0 Å². The minimum absolute atomic E-state index is 0.201. The number of rotatable bonds is 7. The Kier molecular flexibility index (Phi) is 6.59. The van der Waals surface area contributed by atoms with Gasteiger partial charge in [0, 0.05) is 18.0 Å². The lowest BCUT2D eigenvalue weighted by molar-refractivity contribution is 0.102. The van der Waals surface area contributed by atoms with Crippen LogP contribution in [0.25, 0.3) is 5.69 Å². The highest BCUT2D eigenvalue weighted by molar-refractivity contribution is 6.12. The highest BCUT2D eigenvalue weighted by Gasteiger charge is 2.17. The van der Waals surface area contributed by atoms with Gasteiger partial charge >= 0.3 is 0 Å². The molecular formula is C26H24N4O4. The standard InChI is InChI=1S/C26H24N4O4/c1-17-11-12-24(34-3)23(15-17)30-14-13-22(29-30)26(32)28-21-10-5-4-9-20(21)25(31)27-18-7-6-8-19(16-18)33-2/h4-16H,1-3H3,(H,27,31)(H,28,32). The van der Waals surface area contributed by atoms with Gasteiger partial charge in [-0.1, -0.05) is 24.3 Å². The first-order chi connectivity index (χ1) is 16.5. The highest BCUT2D eigenvalue weighted by Crippen LogP contribution is 2.24. The van der Waals surface area contributed by atoms with Crippen molar-refractivity contribution in [3.63, 3.8) is 0 Å². The van der Waals surface area contributed by atoms with Crippen LogP contribution in [0.5, 0.6) is 11.5 Å². The topological polar surface area (TPSA) is 94.5 Å². The molecule has 0 atom stereocenters. The van der Waals surface area contributed by atoms with Crippen LogP contribution in [0.2, 0.25) is 0 Å². The van der Waals surface area contributed by atoms with Gasteiger partial charge in [-0.15, -0.1) is 0 Å². The van der Waals surface area contributed by atoms with E-state index in [0.717, 1.165) is 11.3 Å². The minimum atomic E-state index is -0.438. The molecule has 0 aliphatic rings. The first-order valence-electron chi connectivity index (χ1n) is 10.5. The van der Waals surface area contributed by atoms with Crippen molar-refractivity contribution in [2.75, 3.05) is 24.9 Å². The number of carbonyl (C=O) groups excluding carboxylic acids is 2. The van der Waals surface area contributed by atoms with Crippen molar-refractivity contribution in [1.82, 2.24) is 9.78 Å². The molecule has 0 saturated carbocycles. The molecule has 4 aromatic rings. The summed E-state index contributed by atoms with van der Waals surface area (Å²) >= 11 is 0. The summed E-state index contributed by atoms with van der Waals surface area (Å²) in [5.74, 6) is 0.464. The average Bonchev–Trinajstić information content (AvgIpc) is 3.35. The number of aryl methyl sites for hydroxylation is 1. The number of nitrogens with zero attached hydrogens (tertiary/aromatic N) is 2. The third-order valence-electron chi connectivity index (χ3n) is 5.15. The van der Waals surface area contributed by atoms with Crippen molar-refractivity contribution >= 4 is 23.2 Å². The van der Waals surface area contributed by atoms with Crippen LogP contribution < -0.4 is 20.1 Å². The van der Waals surface area contributed by atoms with Crippen LogP contribution in [-0.4, -0.2) is 35.8 Å². The summed E-state index contributed by atoms with van der Waals surface area (Å²) in [6, 6.07) is 21.1. The zero-order chi connectivity index (χ0) is 24.1. The van der Waals surface area contributed by atoms with Gasteiger partial charge in [-0.3, -0.25) is 9.59 Å². The predicted octanol–water partition coefficient (Wildman–Crippen LogP) is 4.70. The summed E-state index contributed by atoms with van der Waals surface area (Å²) in [5.41, 5.74) is 3.23. The van der Waals surface area contributed by atoms with E-state index in [9.17, 15) is 9.59 Å². The Hall–Kier alpha value is -4.59. The molecule has 0 spiro atoms. The zero-order valence-electron chi connectivity index (χ0n) is 19.0. The van der Waals surface area contributed by atoms with Gasteiger partial charge in [-0.2, -0.15) is 5.10 Å². The zero-order valence-corrected chi connectivity index (χ0v) is 19.0. The monoisotopic (exact) mass is 456 g/mol. The Balaban J connectivity index is 1.54. The number of amides is 2. The minimum Gasteiger partial charge on any atom is -0.497 e. The fourth-order valence-electron chi connectivity index (χ4n) is 3.43. The maximum absolute atomic E-state index is 12.9. The van der Waals surface area contributed by atoms with Gasteiger partial charge in [0.1, 0.15) is 17.2 Å². The van der Waals surface area contributed by atoms with Gasteiger partial charge < -0.3 is 20.1 Å². The van der Waals surface area contributed by atoms with Crippen molar-refractivity contribution < 1.29 is 19.1 Å². The Bertz CT molecular complexity index is 1350.